The number of carbonyl (C=O) groups is 1. The lowest BCUT2D eigenvalue weighted by molar-refractivity contribution is 0.102. The van der Waals surface area contributed by atoms with Gasteiger partial charge in [0.15, 0.2) is 0 Å². The molecule has 100 valence electrons. The Labute approximate surface area is 112 Å². The first-order valence-corrected chi connectivity index (χ1v) is 6.21. The molecule has 0 aliphatic carbocycles. The Balaban J connectivity index is 2.24. The highest BCUT2D eigenvalue weighted by molar-refractivity contribution is 6.06. The minimum Gasteiger partial charge on any atom is -0.492 e. The average Bonchev–Trinajstić information content (AvgIpc) is 2.72. The Morgan fingerprint density at radius 1 is 1.32 bits per heavy atom. The molecule has 0 saturated carbocycles. The summed E-state index contributed by atoms with van der Waals surface area (Å²) in [5.74, 6) is 1.09. The highest BCUT2D eigenvalue weighted by Crippen LogP contribution is 2.25. The molecule has 1 N–H and O–H groups in total. The smallest absolute Gasteiger partial charge is 0.259 e. The third-order valence-corrected chi connectivity index (χ3v) is 2.82. The van der Waals surface area contributed by atoms with Crippen molar-refractivity contribution in [3.63, 3.8) is 0 Å². The summed E-state index contributed by atoms with van der Waals surface area (Å²) in [6.07, 6.45) is 1.58. The predicted molar refractivity (Wildman–Crippen MR) is 73.7 cm³/mol. The molecule has 2 aromatic rings. The van der Waals surface area contributed by atoms with Crippen LogP contribution in [0.1, 0.15) is 28.6 Å². The molecule has 0 aliphatic rings. The summed E-state index contributed by atoms with van der Waals surface area (Å²) >= 11 is 0. The third-order valence-electron chi connectivity index (χ3n) is 2.82. The number of hydrogen-bond acceptors (Lipinski definition) is 3. The van der Waals surface area contributed by atoms with E-state index in [1.807, 2.05) is 38.1 Å². The van der Waals surface area contributed by atoms with Crippen LogP contribution in [0.4, 0.5) is 5.69 Å². The van der Waals surface area contributed by atoms with Crippen LogP contribution in [0.3, 0.4) is 0 Å². The van der Waals surface area contributed by atoms with Gasteiger partial charge in [0, 0.05) is 5.56 Å². The van der Waals surface area contributed by atoms with Crippen molar-refractivity contribution in [1.82, 2.24) is 0 Å². The topological polar surface area (TPSA) is 51.5 Å². The first-order chi connectivity index (χ1) is 9.13. The Morgan fingerprint density at radius 2 is 2.05 bits per heavy atom. The molecular formula is C15H17NO3. The molecule has 0 spiro atoms. The van der Waals surface area contributed by atoms with Crippen LogP contribution in [0.5, 0.6) is 5.75 Å². The molecule has 0 fully saturated rings. The van der Waals surface area contributed by atoms with E-state index in [0.29, 0.717) is 29.4 Å². The summed E-state index contributed by atoms with van der Waals surface area (Å²) in [4.78, 5) is 12.2. The third kappa shape index (κ3) is 2.78. The molecule has 0 saturated heterocycles. The molecule has 1 aromatic heterocycles. The molecule has 1 amide bonds. The lowest BCUT2D eigenvalue weighted by Gasteiger charge is -2.11. The van der Waals surface area contributed by atoms with Crippen molar-refractivity contribution in [2.45, 2.75) is 20.8 Å². The summed E-state index contributed by atoms with van der Waals surface area (Å²) in [6, 6.07) is 7.37. The van der Waals surface area contributed by atoms with E-state index in [0.717, 1.165) is 5.56 Å². The van der Waals surface area contributed by atoms with Crippen molar-refractivity contribution in [1.29, 1.82) is 0 Å². The van der Waals surface area contributed by atoms with Crippen molar-refractivity contribution < 1.29 is 13.9 Å². The van der Waals surface area contributed by atoms with Gasteiger partial charge in [0.2, 0.25) is 0 Å². The Bertz CT molecular complexity index is 567. The van der Waals surface area contributed by atoms with Crippen molar-refractivity contribution in [3.8, 4) is 5.75 Å². The van der Waals surface area contributed by atoms with E-state index >= 15 is 0 Å². The Hall–Kier alpha value is -2.23. The first kappa shape index (κ1) is 13.2. The van der Waals surface area contributed by atoms with Crippen molar-refractivity contribution >= 4 is 11.6 Å². The molecule has 0 aliphatic heterocycles. The van der Waals surface area contributed by atoms with Crippen LogP contribution in [0.2, 0.25) is 0 Å². The van der Waals surface area contributed by atoms with Gasteiger partial charge in [-0.05, 0) is 32.9 Å². The number of carbonyl (C=O) groups excluding carboxylic acids is 1. The molecule has 1 heterocycles. The van der Waals surface area contributed by atoms with Crippen LogP contribution in [-0.4, -0.2) is 12.5 Å². The summed E-state index contributed by atoms with van der Waals surface area (Å²) < 4.78 is 10.7. The zero-order chi connectivity index (χ0) is 13.8. The molecule has 0 atom stereocenters. The standard InChI is InChI=1S/C15H17NO3/c1-4-18-13-8-6-5-7-12(13)16-15(17)14-10(2)9-19-11(14)3/h5-9H,4H2,1-3H3,(H,16,17). The number of nitrogens with one attached hydrogen (secondary N) is 1. The molecular weight excluding hydrogens is 242 g/mol. The van der Waals surface area contributed by atoms with Crippen LogP contribution < -0.4 is 10.1 Å². The van der Waals surface area contributed by atoms with Crippen molar-refractivity contribution in [2.75, 3.05) is 11.9 Å². The largest absolute Gasteiger partial charge is 0.492 e. The zero-order valence-corrected chi connectivity index (χ0v) is 11.3. The summed E-state index contributed by atoms with van der Waals surface area (Å²) in [7, 11) is 0. The van der Waals surface area contributed by atoms with Gasteiger partial charge in [0.1, 0.15) is 11.5 Å². The molecule has 4 nitrogen and oxygen atoms in total. The molecule has 0 unspecified atom stereocenters. The molecule has 0 radical (unpaired) electrons. The number of hydrogen-bond donors (Lipinski definition) is 1. The summed E-state index contributed by atoms with van der Waals surface area (Å²) in [6.45, 7) is 6.08. The number of ether oxygens (including phenoxy) is 1. The maximum absolute atomic E-state index is 12.2. The number of anilines is 1. The number of para-hydroxylation sites is 2. The van der Waals surface area contributed by atoms with Gasteiger partial charge in [-0.1, -0.05) is 12.1 Å². The zero-order valence-electron chi connectivity index (χ0n) is 11.3. The number of rotatable bonds is 4. The van der Waals surface area contributed by atoms with E-state index in [9.17, 15) is 4.79 Å². The molecule has 1 aromatic carbocycles. The minimum atomic E-state index is -0.184. The monoisotopic (exact) mass is 259 g/mol. The normalized spacial score (nSPS) is 10.3. The van der Waals surface area contributed by atoms with Gasteiger partial charge in [-0.2, -0.15) is 0 Å². The number of amides is 1. The summed E-state index contributed by atoms with van der Waals surface area (Å²) in [5, 5.41) is 2.86. The van der Waals surface area contributed by atoms with Crippen LogP contribution in [0.25, 0.3) is 0 Å². The second-order valence-electron chi connectivity index (χ2n) is 4.23. The maximum Gasteiger partial charge on any atom is 0.259 e. The van der Waals surface area contributed by atoms with E-state index in [1.54, 1.807) is 13.2 Å². The van der Waals surface area contributed by atoms with Gasteiger partial charge in [0.05, 0.1) is 24.1 Å². The highest BCUT2D eigenvalue weighted by Gasteiger charge is 2.16. The maximum atomic E-state index is 12.2. The Morgan fingerprint density at radius 3 is 2.68 bits per heavy atom. The molecule has 19 heavy (non-hydrogen) atoms. The first-order valence-electron chi connectivity index (χ1n) is 6.21. The molecule has 0 bridgehead atoms. The van der Waals surface area contributed by atoms with Gasteiger partial charge < -0.3 is 14.5 Å². The van der Waals surface area contributed by atoms with E-state index in [4.69, 9.17) is 9.15 Å². The van der Waals surface area contributed by atoms with Crippen LogP contribution in [-0.2, 0) is 0 Å². The second-order valence-corrected chi connectivity index (χ2v) is 4.23. The quantitative estimate of drug-likeness (QED) is 0.913. The van der Waals surface area contributed by atoms with Gasteiger partial charge >= 0.3 is 0 Å². The van der Waals surface area contributed by atoms with Gasteiger partial charge in [0.25, 0.3) is 5.91 Å². The van der Waals surface area contributed by atoms with Gasteiger partial charge in [-0.15, -0.1) is 0 Å². The lowest BCUT2D eigenvalue weighted by atomic mass is 10.1. The van der Waals surface area contributed by atoms with Crippen LogP contribution in [0, 0.1) is 13.8 Å². The Kier molecular flexibility index (Phi) is 3.90. The lowest BCUT2D eigenvalue weighted by Crippen LogP contribution is -2.14. The fourth-order valence-electron chi connectivity index (χ4n) is 1.95. The fraction of sp³-hybridized carbons (Fsp3) is 0.267. The van der Waals surface area contributed by atoms with Crippen molar-refractivity contribution in [2.24, 2.45) is 0 Å². The molecule has 4 heteroatoms. The van der Waals surface area contributed by atoms with Gasteiger partial charge in [-0.25, -0.2) is 0 Å². The van der Waals surface area contributed by atoms with E-state index in [1.165, 1.54) is 0 Å². The average molecular weight is 259 g/mol. The fourth-order valence-corrected chi connectivity index (χ4v) is 1.95. The number of aryl methyl sites for hydroxylation is 2. The predicted octanol–water partition coefficient (Wildman–Crippen LogP) is 3.55. The number of furan rings is 1. The van der Waals surface area contributed by atoms with Gasteiger partial charge in [-0.3, -0.25) is 4.79 Å². The number of benzene rings is 1. The van der Waals surface area contributed by atoms with E-state index in [-0.39, 0.29) is 5.91 Å². The van der Waals surface area contributed by atoms with E-state index in [2.05, 4.69) is 5.32 Å². The van der Waals surface area contributed by atoms with Crippen molar-refractivity contribution in [3.05, 3.63) is 47.4 Å². The van der Waals surface area contributed by atoms with E-state index < -0.39 is 0 Å². The SMILES string of the molecule is CCOc1ccccc1NC(=O)c1c(C)coc1C. The molecule has 2 rings (SSSR count). The second kappa shape index (κ2) is 5.61. The van der Waals surface area contributed by atoms with Crippen LogP contribution >= 0.6 is 0 Å². The van der Waals surface area contributed by atoms with Crippen LogP contribution in [0.15, 0.2) is 34.9 Å². The highest BCUT2D eigenvalue weighted by atomic mass is 16.5. The minimum absolute atomic E-state index is 0.184. The summed E-state index contributed by atoms with van der Waals surface area (Å²) in [5.41, 5.74) is 2.06.